The Hall–Kier alpha value is -0.890. The fourth-order valence-corrected chi connectivity index (χ4v) is 1.30. The monoisotopic (exact) mass is 182 g/mol. The number of aliphatic hydroxyl groups excluding tert-OH is 1. The summed E-state index contributed by atoms with van der Waals surface area (Å²) in [5.41, 5.74) is 1.75. The average Bonchev–Trinajstić information content (AvgIpc) is 2.11. The topological polar surface area (TPSA) is 20.2 Å². The predicted molar refractivity (Wildman–Crippen MR) is 51.1 cm³/mol. The highest BCUT2D eigenvalue weighted by molar-refractivity contribution is 5.24. The summed E-state index contributed by atoms with van der Waals surface area (Å²) in [6.07, 6.45) is 0.803. The first-order chi connectivity index (χ1) is 6.13. The van der Waals surface area contributed by atoms with Gasteiger partial charge < -0.3 is 5.11 Å². The fourth-order valence-electron chi connectivity index (χ4n) is 1.30. The van der Waals surface area contributed by atoms with Crippen LogP contribution in [0.1, 0.15) is 18.1 Å². The van der Waals surface area contributed by atoms with Crippen LogP contribution in [0.5, 0.6) is 0 Å². The molecule has 0 aliphatic heterocycles. The van der Waals surface area contributed by atoms with Crippen molar-refractivity contribution in [2.24, 2.45) is 5.92 Å². The molecule has 1 N–H and O–H groups in total. The molecule has 0 aliphatic rings. The Morgan fingerprint density at radius 3 is 2.69 bits per heavy atom. The first kappa shape index (κ1) is 10.2. The zero-order valence-corrected chi connectivity index (χ0v) is 8.05. The van der Waals surface area contributed by atoms with Gasteiger partial charge in [-0.05, 0) is 36.5 Å². The third-order valence-corrected chi connectivity index (χ3v) is 2.12. The molecule has 0 aromatic heterocycles. The Kier molecular flexibility index (Phi) is 3.43. The van der Waals surface area contributed by atoms with E-state index in [1.54, 1.807) is 13.0 Å². The molecule has 0 aliphatic carbocycles. The summed E-state index contributed by atoms with van der Waals surface area (Å²) in [5, 5.41) is 8.85. The molecular weight excluding hydrogens is 167 g/mol. The highest BCUT2D eigenvalue weighted by Gasteiger charge is 2.03. The van der Waals surface area contributed by atoms with E-state index in [9.17, 15) is 4.39 Å². The SMILES string of the molecule is Cc1cc(CC(C)CO)ccc1F. The summed E-state index contributed by atoms with van der Waals surface area (Å²) in [5.74, 6) is 0.0743. The Balaban J connectivity index is 2.73. The number of halogens is 1. The van der Waals surface area contributed by atoms with Gasteiger partial charge in [0.1, 0.15) is 5.82 Å². The molecule has 1 aromatic carbocycles. The minimum absolute atomic E-state index is 0.166. The Morgan fingerprint density at radius 2 is 2.15 bits per heavy atom. The molecule has 0 amide bonds. The third-order valence-electron chi connectivity index (χ3n) is 2.12. The van der Waals surface area contributed by atoms with Crippen molar-refractivity contribution in [1.82, 2.24) is 0 Å². The zero-order valence-electron chi connectivity index (χ0n) is 8.05. The lowest BCUT2D eigenvalue weighted by molar-refractivity contribution is 0.237. The van der Waals surface area contributed by atoms with E-state index in [0.717, 1.165) is 12.0 Å². The van der Waals surface area contributed by atoms with E-state index in [-0.39, 0.29) is 18.3 Å². The lowest BCUT2D eigenvalue weighted by Crippen LogP contribution is -2.04. The van der Waals surface area contributed by atoms with Gasteiger partial charge in [0.15, 0.2) is 0 Å². The van der Waals surface area contributed by atoms with Gasteiger partial charge in [0.2, 0.25) is 0 Å². The van der Waals surface area contributed by atoms with Gasteiger partial charge in [-0.1, -0.05) is 19.1 Å². The molecule has 72 valence electrons. The molecule has 1 unspecified atom stereocenters. The number of hydrogen-bond donors (Lipinski definition) is 1. The molecule has 13 heavy (non-hydrogen) atoms. The molecule has 0 radical (unpaired) electrons. The van der Waals surface area contributed by atoms with E-state index in [1.807, 2.05) is 13.0 Å². The quantitative estimate of drug-likeness (QED) is 0.760. The van der Waals surface area contributed by atoms with Crippen LogP contribution in [0.25, 0.3) is 0 Å². The summed E-state index contributed by atoms with van der Waals surface area (Å²) < 4.78 is 12.9. The van der Waals surface area contributed by atoms with Gasteiger partial charge in [0.25, 0.3) is 0 Å². The van der Waals surface area contributed by atoms with Gasteiger partial charge >= 0.3 is 0 Å². The largest absolute Gasteiger partial charge is 0.396 e. The van der Waals surface area contributed by atoms with Gasteiger partial charge in [-0.15, -0.1) is 0 Å². The molecule has 0 saturated heterocycles. The van der Waals surface area contributed by atoms with Crippen LogP contribution in [0.15, 0.2) is 18.2 Å². The van der Waals surface area contributed by atoms with Gasteiger partial charge in [-0.2, -0.15) is 0 Å². The van der Waals surface area contributed by atoms with Gasteiger partial charge in [-0.3, -0.25) is 0 Å². The Bertz CT molecular complexity index is 283. The molecule has 0 fully saturated rings. The van der Waals surface area contributed by atoms with Crippen molar-refractivity contribution >= 4 is 0 Å². The normalized spacial score (nSPS) is 12.9. The second kappa shape index (κ2) is 4.38. The third kappa shape index (κ3) is 2.81. The molecule has 0 spiro atoms. The average molecular weight is 182 g/mol. The van der Waals surface area contributed by atoms with Crippen molar-refractivity contribution in [3.8, 4) is 0 Å². The molecule has 1 rings (SSSR count). The van der Waals surface area contributed by atoms with Crippen LogP contribution < -0.4 is 0 Å². The minimum atomic E-state index is -0.166. The lowest BCUT2D eigenvalue weighted by Gasteiger charge is -2.08. The van der Waals surface area contributed by atoms with Crippen molar-refractivity contribution in [1.29, 1.82) is 0 Å². The van der Waals surface area contributed by atoms with Gasteiger partial charge in [0.05, 0.1) is 0 Å². The van der Waals surface area contributed by atoms with Crippen molar-refractivity contribution in [3.05, 3.63) is 35.1 Å². The van der Waals surface area contributed by atoms with E-state index in [0.29, 0.717) is 5.56 Å². The van der Waals surface area contributed by atoms with Crippen LogP contribution in [0, 0.1) is 18.7 Å². The van der Waals surface area contributed by atoms with E-state index >= 15 is 0 Å². The van der Waals surface area contributed by atoms with E-state index in [2.05, 4.69) is 0 Å². The number of aliphatic hydroxyl groups is 1. The van der Waals surface area contributed by atoms with Crippen LogP contribution in [-0.2, 0) is 6.42 Å². The van der Waals surface area contributed by atoms with Crippen molar-refractivity contribution in [2.75, 3.05) is 6.61 Å². The second-order valence-electron chi connectivity index (χ2n) is 3.58. The maximum Gasteiger partial charge on any atom is 0.126 e. The fraction of sp³-hybridized carbons (Fsp3) is 0.455. The number of hydrogen-bond acceptors (Lipinski definition) is 1. The Morgan fingerprint density at radius 1 is 1.46 bits per heavy atom. The van der Waals surface area contributed by atoms with Crippen molar-refractivity contribution in [3.63, 3.8) is 0 Å². The summed E-state index contributed by atoms with van der Waals surface area (Å²) in [4.78, 5) is 0. The first-order valence-electron chi connectivity index (χ1n) is 4.49. The second-order valence-corrected chi connectivity index (χ2v) is 3.58. The predicted octanol–water partition coefficient (Wildman–Crippen LogP) is 2.31. The zero-order chi connectivity index (χ0) is 9.84. The number of benzene rings is 1. The summed E-state index contributed by atoms with van der Waals surface area (Å²) in [6, 6.07) is 5.09. The van der Waals surface area contributed by atoms with Crippen molar-refractivity contribution < 1.29 is 9.50 Å². The first-order valence-corrected chi connectivity index (χ1v) is 4.49. The van der Waals surface area contributed by atoms with Crippen LogP contribution in [0.4, 0.5) is 4.39 Å². The van der Waals surface area contributed by atoms with Crippen LogP contribution in [-0.4, -0.2) is 11.7 Å². The van der Waals surface area contributed by atoms with Gasteiger partial charge in [0, 0.05) is 6.61 Å². The summed E-state index contributed by atoms with van der Waals surface area (Å²) in [7, 11) is 0. The minimum Gasteiger partial charge on any atom is -0.396 e. The molecule has 1 atom stereocenters. The standard InChI is InChI=1S/C11H15FO/c1-8(7-13)5-10-3-4-11(12)9(2)6-10/h3-4,6,8,13H,5,7H2,1-2H3. The maximum atomic E-state index is 12.9. The maximum absolute atomic E-state index is 12.9. The summed E-state index contributed by atoms with van der Waals surface area (Å²) >= 11 is 0. The molecular formula is C11H15FO. The summed E-state index contributed by atoms with van der Waals surface area (Å²) in [6.45, 7) is 3.90. The molecule has 2 heteroatoms. The van der Waals surface area contributed by atoms with E-state index < -0.39 is 0 Å². The molecule has 0 saturated carbocycles. The molecule has 1 nitrogen and oxygen atoms in total. The number of rotatable bonds is 3. The van der Waals surface area contributed by atoms with Crippen LogP contribution in [0.2, 0.25) is 0 Å². The smallest absolute Gasteiger partial charge is 0.126 e. The Labute approximate surface area is 78.2 Å². The molecule has 0 heterocycles. The van der Waals surface area contributed by atoms with Crippen molar-refractivity contribution in [2.45, 2.75) is 20.3 Å². The molecule has 1 aromatic rings. The van der Waals surface area contributed by atoms with Gasteiger partial charge in [-0.25, -0.2) is 4.39 Å². The highest BCUT2D eigenvalue weighted by atomic mass is 19.1. The van der Waals surface area contributed by atoms with E-state index in [4.69, 9.17) is 5.11 Å². The number of aryl methyl sites for hydroxylation is 1. The molecule has 0 bridgehead atoms. The van der Waals surface area contributed by atoms with Crippen LogP contribution >= 0.6 is 0 Å². The van der Waals surface area contributed by atoms with E-state index in [1.165, 1.54) is 6.07 Å². The van der Waals surface area contributed by atoms with Crippen LogP contribution in [0.3, 0.4) is 0 Å². The lowest BCUT2D eigenvalue weighted by atomic mass is 10.0. The highest BCUT2D eigenvalue weighted by Crippen LogP contribution is 2.12.